The van der Waals surface area contributed by atoms with E-state index in [0.717, 1.165) is 12.1 Å². The van der Waals surface area contributed by atoms with Crippen LogP contribution in [0.2, 0.25) is 5.02 Å². The van der Waals surface area contributed by atoms with Crippen LogP contribution in [0, 0.1) is 6.92 Å². The SMILES string of the molecule is CCNC(c1csc(C)c1)c1cc(Cl)c(OC)c(OC)c1. The third kappa shape index (κ3) is 3.51. The number of ether oxygens (including phenoxy) is 2. The molecule has 0 amide bonds. The summed E-state index contributed by atoms with van der Waals surface area (Å²) < 4.78 is 10.7. The number of nitrogens with one attached hydrogen (secondary N) is 1. The van der Waals surface area contributed by atoms with E-state index in [1.807, 2.05) is 12.1 Å². The van der Waals surface area contributed by atoms with Crippen LogP contribution in [-0.4, -0.2) is 20.8 Å². The summed E-state index contributed by atoms with van der Waals surface area (Å²) in [5, 5.41) is 6.23. The second kappa shape index (κ2) is 7.16. The van der Waals surface area contributed by atoms with Gasteiger partial charge in [-0.2, -0.15) is 0 Å². The molecule has 21 heavy (non-hydrogen) atoms. The minimum Gasteiger partial charge on any atom is -0.493 e. The van der Waals surface area contributed by atoms with Crippen molar-refractivity contribution >= 4 is 22.9 Å². The van der Waals surface area contributed by atoms with Crippen molar-refractivity contribution in [1.29, 1.82) is 0 Å². The highest BCUT2D eigenvalue weighted by molar-refractivity contribution is 7.10. The maximum absolute atomic E-state index is 6.32. The molecule has 114 valence electrons. The quantitative estimate of drug-likeness (QED) is 0.852. The molecule has 0 saturated heterocycles. The van der Waals surface area contributed by atoms with Crippen molar-refractivity contribution in [3.05, 3.63) is 44.6 Å². The van der Waals surface area contributed by atoms with Crippen LogP contribution in [-0.2, 0) is 0 Å². The number of halogens is 1. The molecule has 1 heterocycles. The molecule has 0 aliphatic rings. The molecule has 5 heteroatoms. The summed E-state index contributed by atoms with van der Waals surface area (Å²) in [5.41, 5.74) is 2.31. The lowest BCUT2D eigenvalue weighted by atomic mass is 10.00. The first kappa shape index (κ1) is 16.1. The van der Waals surface area contributed by atoms with Crippen LogP contribution in [0.1, 0.15) is 29.0 Å². The molecule has 0 spiro atoms. The molecule has 1 atom stereocenters. The van der Waals surface area contributed by atoms with Gasteiger partial charge in [-0.1, -0.05) is 18.5 Å². The van der Waals surface area contributed by atoms with Gasteiger partial charge in [0.15, 0.2) is 11.5 Å². The average Bonchev–Trinajstić information content (AvgIpc) is 2.90. The Balaban J connectivity index is 2.48. The number of hydrogen-bond acceptors (Lipinski definition) is 4. The Morgan fingerprint density at radius 2 is 1.95 bits per heavy atom. The number of rotatable bonds is 6. The zero-order valence-electron chi connectivity index (χ0n) is 12.7. The minimum atomic E-state index is 0.0947. The molecule has 3 nitrogen and oxygen atoms in total. The Morgan fingerprint density at radius 1 is 1.19 bits per heavy atom. The summed E-state index contributed by atoms with van der Waals surface area (Å²) in [4.78, 5) is 1.29. The maximum atomic E-state index is 6.32. The molecule has 2 aromatic rings. The van der Waals surface area contributed by atoms with E-state index < -0.39 is 0 Å². The fourth-order valence-corrected chi connectivity index (χ4v) is 3.38. The summed E-state index contributed by atoms with van der Waals surface area (Å²) in [6, 6.07) is 6.20. The maximum Gasteiger partial charge on any atom is 0.179 e. The summed E-state index contributed by atoms with van der Waals surface area (Å²) in [7, 11) is 3.21. The molecular formula is C16H20ClNO2S. The van der Waals surface area contributed by atoms with Crippen molar-refractivity contribution in [2.45, 2.75) is 19.9 Å². The van der Waals surface area contributed by atoms with E-state index in [-0.39, 0.29) is 6.04 Å². The molecule has 2 rings (SSSR count). The molecule has 1 aromatic carbocycles. The van der Waals surface area contributed by atoms with E-state index in [9.17, 15) is 0 Å². The van der Waals surface area contributed by atoms with E-state index in [2.05, 4.69) is 30.6 Å². The third-order valence-electron chi connectivity index (χ3n) is 3.28. The van der Waals surface area contributed by atoms with Crippen molar-refractivity contribution < 1.29 is 9.47 Å². The van der Waals surface area contributed by atoms with Gasteiger partial charge in [-0.15, -0.1) is 11.3 Å². The van der Waals surface area contributed by atoms with Crippen LogP contribution in [0.3, 0.4) is 0 Å². The second-order valence-corrected chi connectivity index (χ2v) is 6.24. The molecule has 1 N–H and O–H groups in total. The van der Waals surface area contributed by atoms with Gasteiger partial charge >= 0.3 is 0 Å². The fourth-order valence-electron chi connectivity index (χ4n) is 2.35. The van der Waals surface area contributed by atoms with E-state index in [0.29, 0.717) is 16.5 Å². The van der Waals surface area contributed by atoms with Crippen molar-refractivity contribution in [3.63, 3.8) is 0 Å². The monoisotopic (exact) mass is 325 g/mol. The van der Waals surface area contributed by atoms with E-state index in [1.54, 1.807) is 25.6 Å². The molecule has 1 aromatic heterocycles. The number of methoxy groups -OCH3 is 2. The van der Waals surface area contributed by atoms with Gasteiger partial charge in [-0.25, -0.2) is 0 Å². The van der Waals surface area contributed by atoms with Crippen LogP contribution < -0.4 is 14.8 Å². The average molecular weight is 326 g/mol. The fraction of sp³-hybridized carbons (Fsp3) is 0.375. The first-order valence-corrected chi connectivity index (χ1v) is 8.06. The van der Waals surface area contributed by atoms with Crippen molar-refractivity contribution in [3.8, 4) is 11.5 Å². The van der Waals surface area contributed by atoms with E-state index in [1.165, 1.54) is 10.4 Å². The van der Waals surface area contributed by atoms with Gasteiger partial charge in [-0.3, -0.25) is 0 Å². The predicted molar refractivity (Wildman–Crippen MR) is 89.1 cm³/mol. The Hall–Kier alpha value is -1.23. The van der Waals surface area contributed by atoms with Gasteiger partial charge < -0.3 is 14.8 Å². The smallest absolute Gasteiger partial charge is 0.179 e. The van der Waals surface area contributed by atoms with Crippen LogP contribution in [0.15, 0.2) is 23.6 Å². The van der Waals surface area contributed by atoms with E-state index in [4.69, 9.17) is 21.1 Å². The lowest BCUT2D eigenvalue weighted by molar-refractivity contribution is 0.354. The van der Waals surface area contributed by atoms with Crippen LogP contribution >= 0.6 is 22.9 Å². The molecule has 0 aliphatic carbocycles. The van der Waals surface area contributed by atoms with Gasteiger partial charge in [0.2, 0.25) is 0 Å². The van der Waals surface area contributed by atoms with E-state index >= 15 is 0 Å². The summed E-state index contributed by atoms with van der Waals surface area (Å²) >= 11 is 8.07. The first-order chi connectivity index (χ1) is 10.1. The molecule has 0 radical (unpaired) electrons. The highest BCUT2D eigenvalue weighted by Crippen LogP contribution is 2.39. The zero-order valence-corrected chi connectivity index (χ0v) is 14.3. The first-order valence-electron chi connectivity index (χ1n) is 6.80. The Bertz CT molecular complexity index is 612. The molecule has 0 saturated carbocycles. The number of aryl methyl sites for hydroxylation is 1. The number of thiophene rings is 1. The van der Waals surface area contributed by atoms with Crippen molar-refractivity contribution in [2.24, 2.45) is 0 Å². The summed E-state index contributed by atoms with van der Waals surface area (Å²) in [6.45, 7) is 5.07. The normalized spacial score (nSPS) is 12.2. The third-order valence-corrected chi connectivity index (χ3v) is 4.44. The van der Waals surface area contributed by atoms with Crippen LogP contribution in [0.4, 0.5) is 0 Å². The lowest BCUT2D eigenvalue weighted by Gasteiger charge is -2.20. The second-order valence-electron chi connectivity index (χ2n) is 4.72. The standard InChI is InChI=1S/C16H20ClNO2S/c1-5-18-15(12-6-10(2)21-9-12)11-7-13(17)16(20-4)14(8-11)19-3/h6-9,15,18H,5H2,1-4H3. The number of hydrogen-bond donors (Lipinski definition) is 1. The molecule has 0 fully saturated rings. The molecule has 0 aliphatic heterocycles. The Kier molecular flexibility index (Phi) is 5.51. The van der Waals surface area contributed by atoms with Gasteiger partial charge in [0.05, 0.1) is 25.3 Å². The van der Waals surface area contributed by atoms with Gasteiger partial charge in [0.25, 0.3) is 0 Å². The Morgan fingerprint density at radius 3 is 2.48 bits per heavy atom. The predicted octanol–water partition coefficient (Wildman–Crippen LogP) is 4.43. The topological polar surface area (TPSA) is 30.5 Å². The van der Waals surface area contributed by atoms with Crippen LogP contribution in [0.5, 0.6) is 11.5 Å². The number of benzene rings is 1. The zero-order chi connectivity index (χ0) is 15.4. The molecule has 1 unspecified atom stereocenters. The Labute approximate surface area is 134 Å². The summed E-state index contributed by atoms with van der Waals surface area (Å²) in [6.07, 6.45) is 0. The van der Waals surface area contributed by atoms with Gasteiger partial charge in [0.1, 0.15) is 0 Å². The molecule has 0 bridgehead atoms. The highest BCUT2D eigenvalue weighted by atomic mass is 35.5. The van der Waals surface area contributed by atoms with Crippen molar-refractivity contribution in [2.75, 3.05) is 20.8 Å². The largest absolute Gasteiger partial charge is 0.493 e. The minimum absolute atomic E-state index is 0.0947. The summed E-state index contributed by atoms with van der Waals surface area (Å²) in [5.74, 6) is 1.22. The van der Waals surface area contributed by atoms with Crippen LogP contribution in [0.25, 0.3) is 0 Å². The van der Waals surface area contributed by atoms with Gasteiger partial charge in [0, 0.05) is 4.88 Å². The lowest BCUT2D eigenvalue weighted by Crippen LogP contribution is -2.21. The highest BCUT2D eigenvalue weighted by Gasteiger charge is 2.19. The molecular weight excluding hydrogens is 306 g/mol. The van der Waals surface area contributed by atoms with Gasteiger partial charge in [-0.05, 0) is 48.2 Å². The van der Waals surface area contributed by atoms with Crippen molar-refractivity contribution in [1.82, 2.24) is 5.32 Å².